The summed E-state index contributed by atoms with van der Waals surface area (Å²) in [4.78, 5) is 14.4. The van der Waals surface area contributed by atoms with Gasteiger partial charge in [-0.05, 0) is 18.9 Å². The van der Waals surface area contributed by atoms with Gasteiger partial charge in [0, 0.05) is 23.2 Å². The van der Waals surface area contributed by atoms with Crippen molar-refractivity contribution in [2.75, 3.05) is 5.32 Å². The highest BCUT2D eigenvalue weighted by molar-refractivity contribution is 5.90. The molecule has 1 aliphatic rings. The molecule has 1 aliphatic carbocycles. The molecule has 1 heterocycles. The Kier molecular flexibility index (Phi) is 2.59. The number of benzene rings is 1. The second-order valence-electron chi connectivity index (χ2n) is 4.72. The topological polar surface area (TPSA) is 44.9 Å². The number of hydrogen-bond acceptors (Lipinski definition) is 2. The fourth-order valence-electron chi connectivity index (χ4n) is 2.61. The molecule has 0 unspecified atom stereocenters. The Balaban J connectivity index is 2.04. The van der Waals surface area contributed by atoms with Crippen molar-refractivity contribution in [3.05, 3.63) is 40.7 Å². The quantitative estimate of drug-likeness (QED) is 0.830. The van der Waals surface area contributed by atoms with Crippen LogP contribution in [0.5, 0.6) is 0 Å². The van der Waals surface area contributed by atoms with Gasteiger partial charge in [0.25, 0.3) is 0 Å². The van der Waals surface area contributed by atoms with E-state index >= 15 is 0 Å². The normalized spacial score (nSPS) is 16.5. The SMILES string of the molecule is O=c1cc(NC2CCCC2)c2ccccc2[nH]1. The molecular weight excluding hydrogens is 212 g/mol. The van der Waals surface area contributed by atoms with E-state index < -0.39 is 0 Å². The van der Waals surface area contributed by atoms with Crippen LogP contribution in [0.2, 0.25) is 0 Å². The van der Waals surface area contributed by atoms with Crippen LogP contribution >= 0.6 is 0 Å². The second-order valence-corrected chi connectivity index (χ2v) is 4.72. The summed E-state index contributed by atoms with van der Waals surface area (Å²) >= 11 is 0. The summed E-state index contributed by atoms with van der Waals surface area (Å²) in [6, 6.07) is 10.1. The Morgan fingerprint density at radius 2 is 1.94 bits per heavy atom. The second kappa shape index (κ2) is 4.24. The molecule has 17 heavy (non-hydrogen) atoms. The standard InChI is InChI=1S/C14H16N2O/c17-14-9-13(15-10-5-1-2-6-10)11-7-3-4-8-12(11)16-14/h3-4,7-10H,1-2,5-6H2,(H2,15,16,17). The lowest BCUT2D eigenvalue weighted by atomic mass is 10.1. The molecule has 1 aromatic carbocycles. The lowest BCUT2D eigenvalue weighted by Gasteiger charge is -2.15. The van der Waals surface area contributed by atoms with Crippen molar-refractivity contribution in [2.24, 2.45) is 0 Å². The Labute approximate surface area is 99.9 Å². The number of anilines is 1. The van der Waals surface area contributed by atoms with Crippen LogP contribution in [-0.4, -0.2) is 11.0 Å². The average Bonchev–Trinajstić information content (AvgIpc) is 2.81. The Bertz CT molecular complexity index is 582. The van der Waals surface area contributed by atoms with Crippen LogP contribution in [0.15, 0.2) is 35.1 Å². The van der Waals surface area contributed by atoms with Crippen molar-refractivity contribution in [2.45, 2.75) is 31.7 Å². The Morgan fingerprint density at radius 1 is 1.18 bits per heavy atom. The Morgan fingerprint density at radius 3 is 2.76 bits per heavy atom. The molecule has 0 radical (unpaired) electrons. The van der Waals surface area contributed by atoms with Gasteiger partial charge < -0.3 is 10.3 Å². The van der Waals surface area contributed by atoms with E-state index in [4.69, 9.17) is 0 Å². The summed E-state index contributed by atoms with van der Waals surface area (Å²) in [5.74, 6) is 0. The van der Waals surface area contributed by atoms with Crippen LogP contribution in [0.1, 0.15) is 25.7 Å². The summed E-state index contributed by atoms with van der Waals surface area (Å²) in [5.41, 5.74) is 1.83. The molecule has 1 fully saturated rings. The van der Waals surface area contributed by atoms with E-state index in [0.717, 1.165) is 16.6 Å². The van der Waals surface area contributed by atoms with E-state index in [1.807, 2.05) is 24.3 Å². The van der Waals surface area contributed by atoms with Gasteiger partial charge in [0.05, 0.1) is 5.52 Å². The number of hydrogen-bond donors (Lipinski definition) is 2. The van der Waals surface area contributed by atoms with Crippen molar-refractivity contribution >= 4 is 16.6 Å². The number of aromatic amines is 1. The lowest BCUT2D eigenvalue weighted by molar-refractivity contribution is 0.756. The lowest BCUT2D eigenvalue weighted by Crippen LogP contribution is -2.17. The van der Waals surface area contributed by atoms with Gasteiger partial charge >= 0.3 is 0 Å². The number of aromatic nitrogens is 1. The molecule has 1 aromatic heterocycles. The molecule has 2 N–H and O–H groups in total. The maximum atomic E-state index is 11.6. The number of pyridine rings is 1. The summed E-state index contributed by atoms with van der Waals surface area (Å²) in [6.07, 6.45) is 5.00. The molecule has 88 valence electrons. The molecule has 0 amide bonds. The zero-order chi connectivity index (χ0) is 11.7. The van der Waals surface area contributed by atoms with Crippen molar-refractivity contribution in [3.63, 3.8) is 0 Å². The van der Waals surface area contributed by atoms with Gasteiger partial charge in [-0.2, -0.15) is 0 Å². The first-order valence-corrected chi connectivity index (χ1v) is 6.21. The third-order valence-corrected chi connectivity index (χ3v) is 3.47. The first-order valence-electron chi connectivity index (χ1n) is 6.21. The van der Waals surface area contributed by atoms with Gasteiger partial charge in [0.2, 0.25) is 5.56 Å². The van der Waals surface area contributed by atoms with Gasteiger partial charge in [-0.25, -0.2) is 0 Å². The molecule has 3 rings (SSSR count). The summed E-state index contributed by atoms with van der Waals surface area (Å²) in [6.45, 7) is 0. The molecule has 0 aliphatic heterocycles. The first-order chi connectivity index (χ1) is 8.33. The van der Waals surface area contributed by atoms with Crippen molar-refractivity contribution in [1.29, 1.82) is 0 Å². The molecule has 0 saturated heterocycles. The summed E-state index contributed by atoms with van der Waals surface area (Å²) < 4.78 is 0. The maximum Gasteiger partial charge on any atom is 0.250 e. The molecule has 3 heteroatoms. The predicted octanol–water partition coefficient (Wildman–Crippen LogP) is 2.88. The van der Waals surface area contributed by atoms with Crippen LogP contribution in [0.25, 0.3) is 10.9 Å². The molecule has 0 atom stereocenters. The highest BCUT2D eigenvalue weighted by atomic mass is 16.1. The fraction of sp³-hybridized carbons (Fsp3) is 0.357. The number of nitrogens with one attached hydrogen (secondary N) is 2. The minimum absolute atomic E-state index is 0.0378. The molecule has 0 spiro atoms. The summed E-state index contributed by atoms with van der Waals surface area (Å²) in [5, 5.41) is 4.60. The van der Waals surface area contributed by atoms with Gasteiger partial charge in [-0.3, -0.25) is 4.79 Å². The van der Waals surface area contributed by atoms with E-state index in [1.165, 1.54) is 25.7 Å². The van der Waals surface area contributed by atoms with E-state index in [9.17, 15) is 4.79 Å². The zero-order valence-electron chi connectivity index (χ0n) is 9.70. The van der Waals surface area contributed by atoms with E-state index in [1.54, 1.807) is 6.07 Å². The van der Waals surface area contributed by atoms with Gasteiger partial charge in [-0.15, -0.1) is 0 Å². The highest BCUT2D eigenvalue weighted by Gasteiger charge is 2.15. The molecule has 2 aromatic rings. The number of H-pyrrole nitrogens is 1. The fourth-order valence-corrected chi connectivity index (χ4v) is 2.61. The maximum absolute atomic E-state index is 11.6. The third kappa shape index (κ3) is 2.05. The third-order valence-electron chi connectivity index (χ3n) is 3.47. The number of fused-ring (bicyclic) bond motifs is 1. The number of rotatable bonds is 2. The van der Waals surface area contributed by atoms with Crippen LogP contribution in [0.3, 0.4) is 0 Å². The minimum atomic E-state index is -0.0378. The van der Waals surface area contributed by atoms with Gasteiger partial charge in [0.1, 0.15) is 0 Å². The Hall–Kier alpha value is -1.77. The van der Waals surface area contributed by atoms with Crippen molar-refractivity contribution in [1.82, 2.24) is 4.98 Å². The van der Waals surface area contributed by atoms with Crippen LogP contribution < -0.4 is 10.9 Å². The largest absolute Gasteiger partial charge is 0.382 e. The van der Waals surface area contributed by atoms with Crippen LogP contribution in [0, 0.1) is 0 Å². The van der Waals surface area contributed by atoms with E-state index in [-0.39, 0.29) is 5.56 Å². The minimum Gasteiger partial charge on any atom is -0.382 e. The monoisotopic (exact) mass is 228 g/mol. The molecule has 3 nitrogen and oxygen atoms in total. The average molecular weight is 228 g/mol. The van der Waals surface area contributed by atoms with E-state index in [0.29, 0.717) is 6.04 Å². The smallest absolute Gasteiger partial charge is 0.250 e. The molecular formula is C14H16N2O. The first kappa shape index (κ1) is 10.4. The summed E-state index contributed by atoms with van der Waals surface area (Å²) in [7, 11) is 0. The van der Waals surface area contributed by atoms with Crippen LogP contribution in [-0.2, 0) is 0 Å². The molecule has 1 saturated carbocycles. The van der Waals surface area contributed by atoms with Gasteiger partial charge in [0.15, 0.2) is 0 Å². The molecule has 0 bridgehead atoms. The number of para-hydroxylation sites is 1. The zero-order valence-corrected chi connectivity index (χ0v) is 9.70. The van der Waals surface area contributed by atoms with Crippen molar-refractivity contribution < 1.29 is 0 Å². The van der Waals surface area contributed by atoms with Crippen molar-refractivity contribution in [3.8, 4) is 0 Å². The van der Waals surface area contributed by atoms with E-state index in [2.05, 4.69) is 10.3 Å². The van der Waals surface area contributed by atoms with Crippen LogP contribution in [0.4, 0.5) is 5.69 Å². The van der Waals surface area contributed by atoms with Gasteiger partial charge in [-0.1, -0.05) is 31.0 Å². The highest BCUT2D eigenvalue weighted by Crippen LogP contribution is 2.25. The predicted molar refractivity (Wildman–Crippen MR) is 70.4 cm³/mol.